The van der Waals surface area contributed by atoms with Crippen LogP contribution in [0.3, 0.4) is 0 Å². The fraction of sp³-hybridized carbons (Fsp3) is 0.333. The molecule has 0 spiro atoms. The number of pyridine rings is 1. The number of carbonyl (C=O) groups is 1. The van der Waals surface area contributed by atoms with E-state index in [0.717, 1.165) is 24.8 Å². The Morgan fingerprint density at radius 3 is 2.57 bits per heavy atom. The van der Waals surface area contributed by atoms with Gasteiger partial charge in [0.2, 0.25) is 5.91 Å². The number of hydrogen-bond donors (Lipinski definition) is 1. The van der Waals surface area contributed by atoms with Gasteiger partial charge in [-0.3, -0.25) is 14.2 Å². The van der Waals surface area contributed by atoms with Crippen LogP contribution in [-0.4, -0.2) is 33.5 Å². The van der Waals surface area contributed by atoms with E-state index in [4.69, 9.17) is 4.98 Å². The lowest BCUT2D eigenvalue weighted by atomic mass is 9.87. The Balaban J connectivity index is 1.19. The third-order valence-corrected chi connectivity index (χ3v) is 7.72. The van der Waals surface area contributed by atoms with Gasteiger partial charge in [-0.2, -0.15) is 0 Å². The van der Waals surface area contributed by atoms with Crippen molar-refractivity contribution in [2.75, 3.05) is 18.0 Å². The molecule has 7 nitrogen and oxygen atoms in total. The van der Waals surface area contributed by atoms with Crippen LogP contribution in [0.4, 0.5) is 5.82 Å². The quantitative estimate of drug-likeness (QED) is 0.450. The second-order valence-corrected chi connectivity index (χ2v) is 10.1. The standard InChI is InChI=1S/C30H31N5O2/c36-29(33-25-13-6-11-22-10-4-5-12-24(22)25)23-15-18-34(19-16-23)28-30(37)35(20-21-8-2-1-3-9-21)27-26(32-28)14-7-17-31-27/h1-5,7-10,12,14,17,23,25H,6,11,13,15-16,18-20H2,(H,33,36). The molecule has 0 bridgehead atoms. The zero-order valence-corrected chi connectivity index (χ0v) is 20.8. The van der Waals surface area contributed by atoms with Crippen molar-refractivity contribution in [3.8, 4) is 0 Å². The number of fused-ring (bicyclic) bond motifs is 2. The van der Waals surface area contributed by atoms with Crippen molar-refractivity contribution in [2.45, 2.75) is 44.7 Å². The largest absolute Gasteiger partial charge is 0.352 e. The second-order valence-electron chi connectivity index (χ2n) is 10.1. The van der Waals surface area contributed by atoms with Crippen molar-refractivity contribution >= 4 is 22.9 Å². The van der Waals surface area contributed by atoms with Crippen molar-refractivity contribution in [3.05, 3.63) is 100.0 Å². The van der Waals surface area contributed by atoms with Crippen LogP contribution in [0.5, 0.6) is 0 Å². The number of anilines is 1. The summed E-state index contributed by atoms with van der Waals surface area (Å²) in [6.07, 6.45) is 6.25. The fourth-order valence-electron chi connectivity index (χ4n) is 5.73. The molecule has 6 rings (SSSR count). The van der Waals surface area contributed by atoms with Crippen LogP contribution in [0, 0.1) is 5.92 Å². The SMILES string of the molecule is O=C(NC1CCCc2ccccc21)C1CCN(c2nc3cccnc3n(Cc3ccccc3)c2=O)CC1. The summed E-state index contributed by atoms with van der Waals surface area (Å²) >= 11 is 0. The third-order valence-electron chi connectivity index (χ3n) is 7.72. The van der Waals surface area contributed by atoms with E-state index >= 15 is 0 Å². The summed E-state index contributed by atoms with van der Waals surface area (Å²) in [5, 5.41) is 3.32. The van der Waals surface area contributed by atoms with Crippen LogP contribution < -0.4 is 15.8 Å². The molecule has 0 radical (unpaired) electrons. The lowest BCUT2D eigenvalue weighted by molar-refractivity contribution is -0.126. The number of nitrogens with one attached hydrogen (secondary N) is 1. The van der Waals surface area contributed by atoms with Gasteiger partial charge in [-0.05, 0) is 60.9 Å². The van der Waals surface area contributed by atoms with E-state index in [1.807, 2.05) is 47.4 Å². The predicted octanol–water partition coefficient (Wildman–Crippen LogP) is 4.25. The van der Waals surface area contributed by atoms with Crippen LogP contribution in [0.2, 0.25) is 0 Å². The topological polar surface area (TPSA) is 80.1 Å². The molecule has 1 aliphatic carbocycles. The van der Waals surface area contributed by atoms with E-state index in [1.54, 1.807) is 10.8 Å². The second kappa shape index (κ2) is 10.2. The molecule has 1 fully saturated rings. The van der Waals surface area contributed by atoms with Crippen molar-refractivity contribution in [1.29, 1.82) is 0 Å². The molecule has 2 aromatic heterocycles. The summed E-state index contributed by atoms with van der Waals surface area (Å²) in [4.78, 5) is 38.0. The predicted molar refractivity (Wildman–Crippen MR) is 145 cm³/mol. The van der Waals surface area contributed by atoms with E-state index in [-0.39, 0.29) is 23.4 Å². The Morgan fingerprint density at radius 2 is 1.73 bits per heavy atom. The molecule has 3 heterocycles. The van der Waals surface area contributed by atoms with Gasteiger partial charge in [-0.25, -0.2) is 9.97 Å². The minimum atomic E-state index is -0.142. The summed E-state index contributed by atoms with van der Waals surface area (Å²) in [7, 11) is 0. The number of nitrogens with zero attached hydrogens (tertiary/aromatic N) is 4. The number of amides is 1. The molecule has 37 heavy (non-hydrogen) atoms. The Labute approximate surface area is 216 Å². The molecule has 1 unspecified atom stereocenters. The maximum Gasteiger partial charge on any atom is 0.295 e. The smallest absolute Gasteiger partial charge is 0.295 e. The Hall–Kier alpha value is -4.00. The van der Waals surface area contributed by atoms with Gasteiger partial charge in [0.1, 0.15) is 5.52 Å². The number of piperidine rings is 1. The van der Waals surface area contributed by atoms with E-state index < -0.39 is 0 Å². The zero-order chi connectivity index (χ0) is 25.2. The highest BCUT2D eigenvalue weighted by Gasteiger charge is 2.30. The van der Waals surface area contributed by atoms with Crippen LogP contribution in [-0.2, 0) is 17.8 Å². The fourth-order valence-corrected chi connectivity index (χ4v) is 5.73. The number of hydrogen-bond acceptors (Lipinski definition) is 5. The minimum absolute atomic E-state index is 0.0565. The average Bonchev–Trinajstić information content (AvgIpc) is 2.95. The maximum atomic E-state index is 13.6. The van der Waals surface area contributed by atoms with E-state index in [9.17, 15) is 9.59 Å². The molecule has 4 aromatic rings. The van der Waals surface area contributed by atoms with Gasteiger partial charge < -0.3 is 10.2 Å². The monoisotopic (exact) mass is 493 g/mol. The maximum absolute atomic E-state index is 13.6. The van der Waals surface area contributed by atoms with E-state index in [1.165, 1.54) is 11.1 Å². The molecule has 1 aliphatic heterocycles. The van der Waals surface area contributed by atoms with E-state index in [0.29, 0.717) is 49.5 Å². The highest BCUT2D eigenvalue weighted by Crippen LogP contribution is 2.30. The lowest BCUT2D eigenvalue weighted by Crippen LogP contribution is -2.44. The van der Waals surface area contributed by atoms with E-state index in [2.05, 4.69) is 34.6 Å². The van der Waals surface area contributed by atoms with Crippen LogP contribution in [0.1, 0.15) is 48.4 Å². The van der Waals surface area contributed by atoms with Crippen LogP contribution in [0.25, 0.3) is 11.2 Å². The summed E-state index contributed by atoms with van der Waals surface area (Å²) in [5.41, 5.74) is 4.78. The number of aryl methyl sites for hydroxylation is 1. The first-order chi connectivity index (χ1) is 18.2. The molecule has 1 atom stereocenters. The third kappa shape index (κ3) is 4.73. The number of benzene rings is 2. The molecule has 188 valence electrons. The van der Waals surface area contributed by atoms with Gasteiger partial charge in [0, 0.05) is 25.2 Å². The van der Waals surface area contributed by atoms with Crippen molar-refractivity contribution in [1.82, 2.24) is 19.9 Å². The highest BCUT2D eigenvalue weighted by molar-refractivity contribution is 5.79. The molecule has 2 aliphatic rings. The summed E-state index contributed by atoms with van der Waals surface area (Å²) in [6.45, 7) is 1.68. The van der Waals surface area contributed by atoms with Gasteiger partial charge in [-0.15, -0.1) is 0 Å². The first-order valence-electron chi connectivity index (χ1n) is 13.2. The van der Waals surface area contributed by atoms with Gasteiger partial charge in [0.05, 0.1) is 12.6 Å². The Kier molecular flexibility index (Phi) is 6.43. The molecule has 1 amide bonds. The Bertz CT molecular complexity index is 1470. The molecule has 1 saturated heterocycles. The molecule has 7 heteroatoms. The molecule has 2 aromatic carbocycles. The number of carbonyl (C=O) groups excluding carboxylic acids is 1. The molecular weight excluding hydrogens is 462 g/mol. The lowest BCUT2D eigenvalue weighted by Gasteiger charge is -2.33. The first kappa shape index (κ1) is 23.4. The van der Waals surface area contributed by atoms with Gasteiger partial charge in [0.15, 0.2) is 11.5 Å². The molecule has 0 saturated carbocycles. The number of rotatable bonds is 5. The van der Waals surface area contributed by atoms with Gasteiger partial charge in [0.25, 0.3) is 5.56 Å². The van der Waals surface area contributed by atoms with Crippen molar-refractivity contribution in [3.63, 3.8) is 0 Å². The highest BCUT2D eigenvalue weighted by atomic mass is 16.2. The summed E-state index contributed by atoms with van der Waals surface area (Å²) in [5.74, 6) is 0.508. The van der Waals surface area contributed by atoms with Gasteiger partial charge in [-0.1, -0.05) is 54.6 Å². The van der Waals surface area contributed by atoms with Crippen LogP contribution >= 0.6 is 0 Å². The Morgan fingerprint density at radius 1 is 0.946 bits per heavy atom. The summed E-state index contributed by atoms with van der Waals surface area (Å²) < 4.78 is 1.71. The molecular formula is C30H31N5O2. The zero-order valence-electron chi connectivity index (χ0n) is 20.8. The van der Waals surface area contributed by atoms with Gasteiger partial charge >= 0.3 is 0 Å². The number of aromatic nitrogens is 3. The van der Waals surface area contributed by atoms with Crippen molar-refractivity contribution < 1.29 is 4.79 Å². The summed E-state index contributed by atoms with van der Waals surface area (Å²) in [6, 6.07) is 22.2. The first-order valence-corrected chi connectivity index (χ1v) is 13.2. The van der Waals surface area contributed by atoms with Crippen molar-refractivity contribution in [2.24, 2.45) is 5.92 Å². The average molecular weight is 494 g/mol. The van der Waals surface area contributed by atoms with Crippen LogP contribution in [0.15, 0.2) is 77.7 Å². The molecule has 1 N–H and O–H groups in total. The normalized spacial score (nSPS) is 17.9. The minimum Gasteiger partial charge on any atom is -0.352 e.